The Morgan fingerprint density at radius 1 is 1.29 bits per heavy atom. The fraction of sp³-hybridized carbons (Fsp3) is 0.312. The highest BCUT2D eigenvalue weighted by Gasteiger charge is 2.11. The lowest BCUT2D eigenvalue weighted by molar-refractivity contribution is -0.137. The van der Waals surface area contributed by atoms with Gasteiger partial charge in [0.1, 0.15) is 5.75 Å². The summed E-state index contributed by atoms with van der Waals surface area (Å²) in [5.74, 6) is 0.255. The number of carbonyl (C=O) groups excluding carboxylic acids is 1. The van der Waals surface area contributed by atoms with E-state index in [1.165, 1.54) is 11.9 Å². The number of aromatic nitrogens is 2. The number of urea groups is 1. The summed E-state index contributed by atoms with van der Waals surface area (Å²) in [5, 5.41) is 15.5. The molecule has 0 atom stereocenters. The van der Waals surface area contributed by atoms with E-state index in [0.29, 0.717) is 12.4 Å². The zero-order valence-corrected chi connectivity index (χ0v) is 13.6. The molecule has 1 aromatic carbocycles. The minimum atomic E-state index is -0.946. The first-order valence-electron chi connectivity index (χ1n) is 7.38. The Bertz CT molecular complexity index is 696. The minimum absolute atomic E-state index is 0.101. The number of hydrogen-bond donors (Lipinski definition) is 2. The van der Waals surface area contributed by atoms with Crippen LogP contribution in [0.3, 0.4) is 0 Å². The van der Waals surface area contributed by atoms with Crippen molar-refractivity contribution in [1.29, 1.82) is 0 Å². The lowest BCUT2D eigenvalue weighted by Crippen LogP contribution is -2.33. The molecule has 2 N–H and O–H groups in total. The predicted octanol–water partition coefficient (Wildman–Crippen LogP) is 1.88. The van der Waals surface area contributed by atoms with Crippen LogP contribution in [-0.2, 0) is 11.3 Å². The van der Waals surface area contributed by atoms with Gasteiger partial charge in [-0.15, -0.1) is 0 Å². The predicted molar refractivity (Wildman–Crippen MR) is 88.2 cm³/mol. The first kappa shape index (κ1) is 17.3. The van der Waals surface area contributed by atoms with E-state index in [1.54, 1.807) is 24.1 Å². The number of aliphatic carboxylic acids is 1. The van der Waals surface area contributed by atoms with Gasteiger partial charge >= 0.3 is 12.0 Å². The van der Waals surface area contributed by atoms with E-state index in [4.69, 9.17) is 9.84 Å². The molecule has 0 unspecified atom stereocenters. The van der Waals surface area contributed by atoms with E-state index in [9.17, 15) is 9.59 Å². The van der Waals surface area contributed by atoms with Gasteiger partial charge in [-0.1, -0.05) is 12.1 Å². The molecule has 0 aliphatic rings. The van der Waals surface area contributed by atoms with E-state index >= 15 is 0 Å². The third-order valence-electron chi connectivity index (χ3n) is 3.39. The largest absolute Gasteiger partial charge is 0.497 e. The van der Waals surface area contributed by atoms with Gasteiger partial charge in [0, 0.05) is 25.9 Å². The Kier molecular flexibility index (Phi) is 5.78. The molecule has 0 fully saturated rings. The molecule has 2 rings (SSSR count). The number of nitrogens with one attached hydrogen (secondary N) is 1. The van der Waals surface area contributed by atoms with E-state index < -0.39 is 12.0 Å². The number of hydrogen-bond acceptors (Lipinski definition) is 4. The van der Waals surface area contributed by atoms with Crippen LogP contribution < -0.4 is 10.1 Å². The van der Waals surface area contributed by atoms with Crippen LogP contribution in [-0.4, -0.2) is 52.5 Å². The molecule has 8 heteroatoms. The summed E-state index contributed by atoms with van der Waals surface area (Å²) in [6.45, 7) is 0.697. The number of nitrogens with zero attached hydrogens (tertiary/aromatic N) is 3. The summed E-state index contributed by atoms with van der Waals surface area (Å²) in [7, 11) is 3.15. The lowest BCUT2D eigenvalue weighted by atomic mass is 10.2. The van der Waals surface area contributed by atoms with Crippen LogP contribution in [0.4, 0.5) is 10.6 Å². The lowest BCUT2D eigenvalue weighted by Gasteiger charge is -2.15. The monoisotopic (exact) mass is 332 g/mol. The second-order valence-electron chi connectivity index (χ2n) is 5.24. The number of rotatable bonds is 7. The molecule has 1 aromatic heterocycles. The number of anilines is 1. The maximum Gasteiger partial charge on any atom is 0.322 e. The number of carboxylic acid groups (broad SMARTS) is 1. The maximum atomic E-state index is 11.9. The summed E-state index contributed by atoms with van der Waals surface area (Å²) in [5.41, 5.74) is 1.05. The molecule has 0 bridgehead atoms. The molecular weight excluding hydrogens is 312 g/mol. The van der Waals surface area contributed by atoms with Crippen LogP contribution >= 0.6 is 0 Å². The van der Waals surface area contributed by atoms with Gasteiger partial charge in [-0.25, -0.2) is 4.79 Å². The van der Waals surface area contributed by atoms with Crippen molar-refractivity contribution in [1.82, 2.24) is 14.7 Å². The zero-order chi connectivity index (χ0) is 17.5. The van der Waals surface area contributed by atoms with Gasteiger partial charge in [0.2, 0.25) is 0 Å². The average molecular weight is 332 g/mol. The molecule has 0 spiro atoms. The number of carboxylic acids is 1. The molecule has 2 aromatic rings. The fourth-order valence-corrected chi connectivity index (χ4v) is 2.00. The second-order valence-corrected chi connectivity index (χ2v) is 5.24. The second kappa shape index (κ2) is 8.00. The summed E-state index contributed by atoms with van der Waals surface area (Å²) in [4.78, 5) is 23.7. The van der Waals surface area contributed by atoms with E-state index in [2.05, 4.69) is 10.4 Å². The Balaban J connectivity index is 1.90. The van der Waals surface area contributed by atoms with E-state index in [1.807, 2.05) is 24.3 Å². The molecular formula is C16H20N4O4. The van der Waals surface area contributed by atoms with Gasteiger partial charge in [-0.05, 0) is 17.7 Å². The standard InChI is InChI=1S/C16H20N4O4/c1-19(9-8-15(21)22)16(23)17-14-7-10-20(18-14)11-12-3-5-13(24-2)6-4-12/h3-7,10H,8-9,11H2,1-2H3,(H,21,22)(H,17,18,23). The normalized spacial score (nSPS) is 10.2. The minimum Gasteiger partial charge on any atom is -0.497 e. The van der Waals surface area contributed by atoms with E-state index in [-0.39, 0.29) is 13.0 Å². The van der Waals surface area contributed by atoms with Crippen molar-refractivity contribution in [3.05, 3.63) is 42.1 Å². The number of carbonyl (C=O) groups is 2. The van der Waals surface area contributed by atoms with Crippen molar-refractivity contribution in [3.8, 4) is 5.75 Å². The molecule has 1 heterocycles. The molecule has 0 radical (unpaired) electrons. The Morgan fingerprint density at radius 2 is 2.00 bits per heavy atom. The molecule has 2 amide bonds. The average Bonchev–Trinajstić information content (AvgIpc) is 3.00. The summed E-state index contributed by atoms with van der Waals surface area (Å²) in [6, 6.07) is 8.92. The smallest absolute Gasteiger partial charge is 0.322 e. The molecule has 128 valence electrons. The van der Waals surface area contributed by atoms with Gasteiger partial charge in [-0.2, -0.15) is 5.10 Å². The van der Waals surface area contributed by atoms with E-state index in [0.717, 1.165) is 11.3 Å². The number of ether oxygens (including phenoxy) is 1. The van der Waals surface area contributed by atoms with Crippen LogP contribution in [0.25, 0.3) is 0 Å². The van der Waals surface area contributed by atoms with Crippen molar-refractivity contribution in [2.24, 2.45) is 0 Å². The van der Waals surface area contributed by atoms with Gasteiger partial charge in [0.25, 0.3) is 0 Å². The van der Waals surface area contributed by atoms with Crippen LogP contribution in [0.1, 0.15) is 12.0 Å². The highest BCUT2D eigenvalue weighted by Crippen LogP contribution is 2.13. The Hall–Kier alpha value is -3.03. The molecule has 8 nitrogen and oxygen atoms in total. The summed E-state index contributed by atoms with van der Waals surface area (Å²) >= 11 is 0. The summed E-state index contributed by atoms with van der Waals surface area (Å²) in [6.07, 6.45) is 1.66. The van der Waals surface area contributed by atoms with Crippen molar-refractivity contribution < 1.29 is 19.4 Å². The zero-order valence-electron chi connectivity index (χ0n) is 13.6. The SMILES string of the molecule is COc1ccc(Cn2ccc(NC(=O)N(C)CCC(=O)O)n2)cc1. The van der Waals surface area contributed by atoms with Crippen molar-refractivity contribution in [2.45, 2.75) is 13.0 Å². The van der Waals surface area contributed by atoms with Crippen LogP contribution in [0, 0.1) is 0 Å². The number of amides is 2. The Labute approximate surface area is 139 Å². The van der Waals surface area contributed by atoms with Crippen molar-refractivity contribution >= 4 is 17.8 Å². The maximum absolute atomic E-state index is 11.9. The third kappa shape index (κ3) is 5.01. The first-order valence-corrected chi connectivity index (χ1v) is 7.38. The molecule has 0 saturated heterocycles. The summed E-state index contributed by atoms with van der Waals surface area (Å²) < 4.78 is 6.82. The van der Waals surface area contributed by atoms with Gasteiger partial charge in [0.05, 0.1) is 20.1 Å². The van der Waals surface area contributed by atoms with Gasteiger partial charge in [0.15, 0.2) is 5.82 Å². The number of benzene rings is 1. The first-order chi connectivity index (χ1) is 11.5. The molecule has 0 saturated carbocycles. The number of methoxy groups -OCH3 is 1. The molecule has 0 aliphatic carbocycles. The van der Waals surface area contributed by atoms with Gasteiger partial charge < -0.3 is 14.7 Å². The van der Waals surface area contributed by atoms with Crippen LogP contribution in [0.5, 0.6) is 5.75 Å². The highest BCUT2D eigenvalue weighted by molar-refractivity contribution is 5.88. The van der Waals surface area contributed by atoms with Crippen LogP contribution in [0.2, 0.25) is 0 Å². The third-order valence-corrected chi connectivity index (χ3v) is 3.39. The van der Waals surface area contributed by atoms with Crippen LogP contribution in [0.15, 0.2) is 36.5 Å². The molecule has 0 aliphatic heterocycles. The van der Waals surface area contributed by atoms with Gasteiger partial charge in [-0.3, -0.25) is 14.8 Å². The topological polar surface area (TPSA) is 96.7 Å². The highest BCUT2D eigenvalue weighted by atomic mass is 16.5. The fourth-order valence-electron chi connectivity index (χ4n) is 2.00. The Morgan fingerprint density at radius 3 is 2.62 bits per heavy atom. The van der Waals surface area contributed by atoms with Crippen molar-refractivity contribution in [3.63, 3.8) is 0 Å². The molecule has 24 heavy (non-hydrogen) atoms. The quantitative estimate of drug-likeness (QED) is 0.807. The van der Waals surface area contributed by atoms with Crippen molar-refractivity contribution in [2.75, 3.05) is 26.0 Å².